The first-order valence-electron chi connectivity index (χ1n) is 7.75. The normalized spacial score (nSPS) is 14.0. The lowest BCUT2D eigenvalue weighted by molar-refractivity contribution is -0.170. The zero-order chi connectivity index (χ0) is 19.7. The Morgan fingerprint density at radius 1 is 1.00 bits per heavy atom. The van der Waals surface area contributed by atoms with E-state index in [-0.39, 0.29) is 26.7 Å². The highest BCUT2D eigenvalue weighted by Crippen LogP contribution is 2.26. The first-order chi connectivity index (χ1) is 12.8. The molecular formula is C18H12Cl2N2O5. The van der Waals surface area contributed by atoms with Crippen molar-refractivity contribution in [3.05, 3.63) is 69.2 Å². The summed E-state index contributed by atoms with van der Waals surface area (Å²) in [7, 11) is 0. The predicted octanol–water partition coefficient (Wildman–Crippen LogP) is 2.87. The zero-order valence-electron chi connectivity index (χ0n) is 13.9. The van der Waals surface area contributed by atoms with Crippen molar-refractivity contribution in [3.63, 3.8) is 0 Å². The minimum atomic E-state index is -1.16. The van der Waals surface area contributed by atoms with Crippen LogP contribution in [-0.2, 0) is 9.63 Å². The van der Waals surface area contributed by atoms with Gasteiger partial charge in [-0.15, -0.1) is 0 Å². The average molecular weight is 407 g/mol. The Hall–Kier alpha value is -2.90. The fraction of sp³-hybridized carbons (Fsp3) is 0.111. The summed E-state index contributed by atoms with van der Waals surface area (Å²) in [6, 6.07) is 9.42. The Morgan fingerprint density at radius 2 is 1.59 bits per heavy atom. The number of hydrogen-bond donors (Lipinski definition) is 1. The second-order valence-electron chi connectivity index (χ2n) is 5.66. The Morgan fingerprint density at radius 3 is 2.19 bits per heavy atom. The van der Waals surface area contributed by atoms with Gasteiger partial charge < -0.3 is 10.2 Å². The van der Waals surface area contributed by atoms with Gasteiger partial charge >= 0.3 is 5.97 Å². The first-order valence-corrected chi connectivity index (χ1v) is 8.51. The van der Waals surface area contributed by atoms with E-state index in [1.54, 1.807) is 12.1 Å². The maximum atomic E-state index is 12.3. The molecule has 138 valence electrons. The van der Waals surface area contributed by atoms with E-state index < -0.39 is 29.7 Å². The van der Waals surface area contributed by atoms with E-state index in [4.69, 9.17) is 28.0 Å². The van der Waals surface area contributed by atoms with Gasteiger partial charge in [-0.2, -0.15) is 0 Å². The van der Waals surface area contributed by atoms with E-state index in [1.807, 2.05) is 0 Å². The molecule has 1 heterocycles. The van der Waals surface area contributed by atoms with Gasteiger partial charge in [0.1, 0.15) is 6.04 Å². The van der Waals surface area contributed by atoms with Gasteiger partial charge in [0.2, 0.25) is 0 Å². The Labute approximate surface area is 163 Å². The number of nitrogens with zero attached hydrogens (tertiary/aromatic N) is 1. The van der Waals surface area contributed by atoms with Crippen molar-refractivity contribution in [2.45, 2.75) is 13.0 Å². The molecule has 1 unspecified atom stereocenters. The van der Waals surface area contributed by atoms with Crippen LogP contribution in [0.2, 0.25) is 10.0 Å². The number of amides is 3. The molecule has 0 fully saturated rings. The standard InChI is InChI=1S/C18H12Cl2N2O5/c1-9(21-15(23)12-7-4-8-13(19)14(12)20)18(26)27-22-16(24)10-5-2-3-6-11(10)17(22)25/h2-9H,1H3,(H,21,23). The molecule has 9 heteroatoms. The molecule has 1 N–H and O–H groups in total. The number of rotatable bonds is 4. The molecule has 0 bridgehead atoms. The smallest absolute Gasteiger partial charge is 0.339 e. The van der Waals surface area contributed by atoms with Crippen LogP contribution >= 0.6 is 23.2 Å². The van der Waals surface area contributed by atoms with Crippen molar-refractivity contribution in [1.82, 2.24) is 10.4 Å². The van der Waals surface area contributed by atoms with Gasteiger partial charge in [0, 0.05) is 0 Å². The minimum Gasteiger partial charge on any atom is -0.339 e. The van der Waals surface area contributed by atoms with Crippen LogP contribution in [-0.4, -0.2) is 34.8 Å². The number of carbonyl (C=O) groups excluding carboxylic acids is 4. The molecular weight excluding hydrogens is 395 g/mol. The van der Waals surface area contributed by atoms with Gasteiger partial charge in [-0.1, -0.05) is 46.5 Å². The van der Waals surface area contributed by atoms with Crippen molar-refractivity contribution >= 4 is 46.9 Å². The lowest BCUT2D eigenvalue weighted by Gasteiger charge is -2.17. The third-order valence-corrected chi connectivity index (χ3v) is 4.65. The fourth-order valence-corrected chi connectivity index (χ4v) is 2.82. The lowest BCUT2D eigenvalue weighted by atomic mass is 10.1. The second kappa shape index (κ2) is 7.38. The van der Waals surface area contributed by atoms with Crippen LogP contribution in [0, 0.1) is 0 Å². The molecule has 0 aliphatic carbocycles. The van der Waals surface area contributed by atoms with E-state index in [9.17, 15) is 19.2 Å². The van der Waals surface area contributed by atoms with Crippen LogP contribution in [0.5, 0.6) is 0 Å². The van der Waals surface area contributed by atoms with Gasteiger partial charge in [0.25, 0.3) is 17.7 Å². The molecule has 2 aromatic rings. The first kappa shape index (κ1) is 18.9. The fourth-order valence-electron chi connectivity index (χ4n) is 2.43. The maximum Gasteiger partial charge on any atom is 0.354 e. The van der Waals surface area contributed by atoms with Gasteiger partial charge in [-0.3, -0.25) is 14.4 Å². The van der Waals surface area contributed by atoms with Crippen molar-refractivity contribution < 1.29 is 24.0 Å². The van der Waals surface area contributed by atoms with Crippen LogP contribution in [0.1, 0.15) is 38.0 Å². The molecule has 2 aromatic carbocycles. The largest absolute Gasteiger partial charge is 0.354 e. The molecule has 0 saturated heterocycles. The predicted molar refractivity (Wildman–Crippen MR) is 96.4 cm³/mol. The summed E-state index contributed by atoms with van der Waals surface area (Å²) in [6.07, 6.45) is 0. The van der Waals surface area contributed by atoms with E-state index in [2.05, 4.69) is 5.32 Å². The number of halogens is 2. The van der Waals surface area contributed by atoms with Gasteiger partial charge in [-0.25, -0.2) is 4.79 Å². The summed E-state index contributed by atoms with van der Waals surface area (Å²) >= 11 is 11.8. The summed E-state index contributed by atoms with van der Waals surface area (Å²) in [5.74, 6) is -3.15. The number of fused-ring (bicyclic) bond motifs is 1. The Kier molecular flexibility index (Phi) is 5.16. The highest BCUT2D eigenvalue weighted by molar-refractivity contribution is 6.43. The number of carbonyl (C=O) groups is 4. The number of imide groups is 1. The highest BCUT2D eigenvalue weighted by atomic mass is 35.5. The molecule has 0 aromatic heterocycles. The molecule has 3 rings (SSSR count). The topological polar surface area (TPSA) is 92.8 Å². The molecule has 0 radical (unpaired) electrons. The van der Waals surface area contributed by atoms with Gasteiger partial charge in [0.05, 0.1) is 26.7 Å². The molecule has 1 aliphatic heterocycles. The number of benzene rings is 2. The zero-order valence-corrected chi connectivity index (χ0v) is 15.4. The van der Waals surface area contributed by atoms with Crippen molar-refractivity contribution in [2.24, 2.45) is 0 Å². The summed E-state index contributed by atoms with van der Waals surface area (Å²) < 4.78 is 0. The quantitative estimate of drug-likeness (QED) is 0.787. The van der Waals surface area contributed by atoms with Crippen molar-refractivity contribution in [3.8, 4) is 0 Å². The molecule has 1 atom stereocenters. The third kappa shape index (κ3) is 3.51. The summed E-state index contributed by atoms with van der Waals surface area (Å²) in [5, 5.41) is 2.99. The summed E-state index contributed by atoms with van der Waals surface area (Å²) in [5.41, 5.74) is 0.347. The van der Waals surface area contributed by atoms with E-state index in [1.165, 1.54) is 37.3 Å². The summed E-state index contributed by atoms with van der Waals surface area (Å²) in [4.78, 5) is 53.8. The van der Waals surface area contributed by atoms with E-state index >= 15 is 0 Å². The number of hydrogen-bond acceptors (Lipinski definition) is 5. The molecule has 0 saturated carbocycles. The third-order valence-electron chi connectivity index (χ3n) is 3.84. The minimum absolute atomic E-state index is 0.0394. The van der Waals surface area contributed by atoms with Gasteiger partial charge in [0.15, 0.2) is 0 Å². The van der Waals surface area contributed by atoms with Crippen LogP contribution in [0.4, 0.5) is 0 Å². The number of hydroxylamine groups is 2. The lowest BCUT2D eigenvalue weighted by Crippen LogP contribution is -2.43. The average Bonchev–Trinajstić information content (AvgIpc) is 2.89. The molecule has 1 aliphatic rings. The monoisotopic (exact) mass is 406 g/mol. The van der Waals surface area contributed by atoms with Crippen molar-refractivity contribution in [1.29, 1.82) is 0 Å². The van der Waals surface area contributed by atoms with Crippen LogP contribution < -0.4 is 5.32 Å². The Bertz CT molecular complexity index is 941. The van der Waals surface area contributed by atoms with Crippen LogP contribution in [0.25, 0.3) is 0 Å². The van der Waals surface area contributed by atoms with Crippen molar-refractivity contribution in [2.75, 3.05) is 0 Å². The van der Waals surface area contributed by atoms with Crippen LogP contribution in [0.3, 0.4) is 0 Å². The SMILES string of the molecule is CC(NC(=O)c1cccc(Cl)c1Cl)C(=O)ON1C(=O)c2ccccc2C1=O. The van der Waals surface area contributed by atoms with Gasteiger partial charge in [-0.05, 0) is 31.2 Å². The second-order valence-corrected chi connectivity index (χ2v) is 6.44. The van der Waals surface area contributed by atoms with E-state index in [0.717, 1.165) is 0 Å². The molecule has 0 spiro atoms. The summed E-state index contributed by atoms with van der Waals surface area (Å²) in [6.45, 7) is 1.34. The highest BCUT2D eigenvalue weighted by Gasteiger charge is 2.39. The Balaban J connectivity index is 1.68. The molecule has 3 amide bonds. The molecule has 27 heavy (non-hydrogen) atoms. The van der Waals surface area contributed by atoms with E-state index in [0.29, 0.717) is 5.06 Å². The number of nitrogens with one attached hydrogen (secondary N) is 1. The van der Waals surface area contributed by atoms with Crippen LogP contribution in [0.15, 0.2) is 42.5 Å². The molecule has 7 nitrogen and oxygen atoms in total. The maximum absolute atomic E-state index is 12.3.